The molecule has 2 N–H and O–H groups in total. The van der Waals surface area contributed by atoms with E-state index in [0.717, 1.165) is 49.2 Å². The maximum Gasteiger partial charge on any atom is 0.119 e. The Morgan fingerprint density at radius 3 is 2.67 bits per heavy atom. The Hall–Kier alpha value is -1.40. The monoisotopic (exact) mass is 474 g/mol. The third kappa shape index (κ3) is 6.00. The SMILES string of the molecule is COc1ccc2ncc(Cl)c(C(O)CCC3(CO)CCN(CCC4CCCCC4)CC3)c2c1. The number of ether oxygens (including phenoxy) is 1. The molecule has 1 saturated heterocycles. The van der Waals surface area contributed by atoms with Crippen LogP contribution < -0.4 is 4.74 Å². The van der Waals surface area contributed by atoms with Crippen LogP contribution in [0.15, 0.2) is 24.4 Å². The summed E-state index contributed by atoms with van der Waals surface area (Å²) in [6, 6.07) is 5.64. The minimum atomic E-state index is -0.706. The highest BCUT2D eigenvalue weighted by atomic mass is 35.5. The molecule has 1 atom stereocenters. The number of aromatic nitrogens is 1. The largest absolute Gasteiger partial charge is 0.497 e. The first kappa shape index (κ1) is 24.7. The van der Waals surface area contributed by atoms with E-state index in [9.17, 15) is 10.2 Å². The molecule has 2 aliphatic rings. The van der Waals surface area contributed by atoms with Crippen LogP contribution in [-0.2, 0) is 0 Å². The number of benzene rings is 1. The lowest BCUT2D eigenvalue weighted by molar-refractivity contribution is 0.0218. The highest BCUT2D eigenvalue weighted by Crippen LogP contribution is 2.40. The van der Waals surface area contributed by atoms with E-state index in [1.54, 1.807) is 13.3 Å². The molecule has 182 valence electrons. The molecular weight excluding hydrogens is 436 g/mol. The maximum atomic E-state index is 11.1. The zero-order valence-corrected chi connectivity index (χ0v) is 20.7. The van der Waals surface area contributed by atoms with Gasteiger partial charge in [-0.25, -0.2) is 0 Å². The molecule has 2 aromatic rings. The molecule has 2 fully saturated rings. The Kier molecular flexibility index (Phi) is 8.50. The van der Waals surface area contributed by atoms with E-state index in [1.165, 1.54) is 45.1 Å². The molecule has 5 nitrogen and oxygen atoms in total. The van der Waals surface area contributed by atoms with Gasteiger partial charge in [0.2, 0.25) is 0 Å². The number of fused-ring (bicyclic) bond motifs is 1. The number of aliphatic hydroxyl groups excluding tert-OH is 2. The molecule has 33 heavy (non-hydrogen) atoms. The van der Waals surface area contributed by atoms with Crippen molar-refractivity contribution in [3.63, 3.8) is 0 Å². The van der Waals surface area contributed by atoms with Gasteiger partial charge in [0.15, 0.2) is 0 Å². The standard InChI is InChI=1S/C27H39ClN2O3/c1-33-21-7-8-24-22(17-21)26(23(28)18-29-24)25(32)9-11-27(19-31)12-15-30(16-13-27)14-10-20-5-3-2-4-6-20/h7-8,17-18,20,25,31-32H,2-6,9-16,19H2,1H3. The number of pyridine rings is 1. The van der Waals surface area contributed by atoms with Gasteiger partial charge in [0.25, 0.3) is 0 Å². The highest BCUT2D eigenvalue weighted by molar-refractivity contribution is 6.32. The van der Waals surface area contributed by atoms with Gasteiger partial charge in [0, 0.05) is 23.8 Å². The van der Waals surface area contributed by atoms with Crippen LogP contribution in [-0.4, -0.2) is 53.4 Å². The van der Waals surface area contributed by atoms with Crippen LogP contribution in [0.2, 0.25) is 5.02 Å². The predicted molar refractivity (Wildman–Crippen MR) is 134 cm³/mol. The zero-order valence-electron chi connectivity index (χ0n) is 19.9. The Balaban J connectivity index is 1.35. The van der Waals surface area contributed by atoms with Crippen molar-refractivity contribution in [3.05, 3.63) is 35.0 Å². The summed E-state index contributed by atoms with van der Waals surface area (Å²) in [5.41, 5.74) is 1.38. The first-order valence-corrected chi connectivity index (χ1v) is 13.0. The highest BCUT2D eigenvalue weighted by Gasteiger charge is 2.35. The van der Waals surface area contributed by atoms with Crippen molar-refractivity contribution in [1.29, 1.82) is 0 Å². The molecule has 2 heterocycles. The lowest BCUT2D eigenvalue weighted by Gasteiger charge is -2.41. The molecule has 0 amide bonds. The minimum Gasteiger partial charge on any atom is -0.497 e. The molecule has 1 saturated carbocycles. The van der Waals surface area contributed by atoms with Crippen LogP contribution >= 0.6 is 11.6 Å². The van der Waals surface area contributed by atoms with Gasteiger partial charge in [0.1, 0.15) is 5.75 Å². The lowest BCUT2D eigenvalue weighted by Crippen LogP contribution is -2.42. The number of piperidine rings is 1. The number of halogens is 1. The number of likely N-dealkylation sites (tertiary alicyclic amines) is 1. The van der Waals surface area contributed by atoms with Gasteiger partial charge in [-0.1, -0.05) is 43.7 Å². The van der Waals surface area contributed by atoms with Gasteiger partial charge >= 0.3 is 0 Å². The van der Waals surface area contributed by atoms with E-state index in [2.05, 4.69) is 9.88 Å². The quantitative estimate of drug-likeness (QED) is 0.484. The van der Waals surface area contributed by atoms with Crippen molar-refractivity contribution >= 4 is 22.5 Å². The second-order valence-corrected chi connectivity index (χ2v) is 10.7. The van der Waals surface area contributed by atoms with Gasteiger partial charge in [-0.05, 0) is 81.3 Å². The maximum absolute atomic E-state index is 11.1. The summed E-state index contributed by atoms with van der Waals surface area (Å²) in [6.07, 6.45) is 12.6. The fourth-order valence-corrected chi connectivity index (χ4v) is 6.08. The van der Waals surface area contributed by atoms with Crippen molar-refractivity contribution < 1.29 is 14.9 Å². The Bertz CT molecular complexity index is 908. The number of nitrogens with zero attached hydrogens (tertiary/aromatic N) is 2. The van der Waals surface area contributed by atoms with E-state index in [-0.39, 0.29) is 12.0 Å². The second kappa shape index (κ2) is 11.4. The molecule has 1 aliphatic carbocycles. The summed E-state index contributed by atoms with van der Waals surface area (Å²) in [4.78, 5) is 6.98. The molecule has 6 heteroatoms. The van der Waals surface area contributed by atoms with Crippen LogP contribution in [0.1, 0.15) is 75.9 Å². The molecule has 0 spiro atoms. The minimum absolute atomic E-state index is 0.116. The summed E-state index contributed by atoms with van der Waals surface area (Å²) in [6.45, 7) is 3.45. The average Bonchev–Trinajstić information content (AvgIpc) is 2.87. The Morgan fingerprint density at radius 2 is 1.97 bits per heavy atom. The van der Waals surface area contributed by atoms with E-state index >= 15 is 0 Å². The summed E-state index contributed by atoms with van der Waals surface area (Å²) in [5, 5.41) is 22.7. The van der Waals surface area contributed by atoms with Crippen molar-refractivity contribution in [2.75, 3.05) is 33.4 Å². The number of rotatable bonds is 9. The molecule has 1 aromatic carbocycles. The topological polar surface area (TPSA) is 65.8 Å². The van der Waals surface area contributed by atoms with Crippen molar-refractivity contribution in [3.8, 4) is 5.75 Å². The number of aliphatic hydroxyl groups is 2. The van der Waals surface area contributed by atoms with E-state index in [4.69, 9.17) is 16.3 Å². The average molecular weight is 475 g/mol. The normalized spacial score (nSPS) is 20.7. The Labute approximate surface area is 203 Å². The van der Waals surface area contributed by atoms with Gasteiger partial charge in [-0.2, -0.15) is 0 Å². The predicted octanol–water partition coefficient (Wildman–Crippen LogP) is 5.76. The van der Waals surface area contributed by atoms with Crippen molar-refractivity contribution in [2.24, 2.45) is 11.3 Å². The number of hydrogen-bond acceptors (Lipinski definition) is 5. The zero-order chi connectivity index (χ0) is 23.3. The second-order valence-electron chi connectivity index (χ2n) is 10.2. The van der Waals surface area contributed by atoms with Gasteiger partial charge in [-0.3, -0.25) is 4.98 Å². The molecule has 4 rings (SSSR count). The lowest BCUT2D eigenvalue weighted by atomic mass is 9.74. The van der Waals surface area contributed by atoms with E-state index in [1.807, 2.05) is 18.2 Å². The molecule has 1 aliphatic heterocycles. The van der Waals surface area contributed by atoms with Crippen LogP contribution in [0.4, 0.5) is 0 Å². The number of hydrogen-bond donors (Lipinski definition) is 2. The van der Waals surface area contributed by atoms with E-state index < -0.39 is 6.10 Å². The first-order valence-electron chi connectivity index (χ1n) is 12.7. The van der Waals surface area contributed by atoms with Crippen LogP contribution in [0.25, 0.3) is 10.9 Å². The number of methoxy groups -OCH3 is 1. The van der Waals surface area contributed by atoms with Crippen LogP contribution in [0, 0.1) is 11.3 Å². The summed E-state index contributed by atoms with van der Waals surface area (Å²) in [5.74, 6) is 1.63. The molecule has 0 bridgehead atoms. The van der Waals surface area contributed by atoms with Gasteiger partial charge in [0.05, 0.1) is 23.8 Å². The van der Waals surface area contributed by atoms with Crippen molar-refractivity contribution in [1.82, 2.24) is 9.88 Å². The Morgan fingerprint density at radius 1 is 1.21 bits per heavy atom. The molecular formula is C27H39ClN2O3. The van der Waals surface area contributed by atoms with Crippen molar-refractivity contribution in [2.45, 2.75) is 70.3 Å². The summed E-state index contributed by atoms with van der Waals surface area (Å²) in [7, 11) is 1.63. The smallest absolute Gasteiger partial charge is 0.119 e. The summed E-state index contributed by atoms with van der Waals surface area (Å²) >= 11 is 6.48. The third-order valence-electron chi connectivity index (χ3n) is 8.18. The molecule has 0 radical (unpaired) electrons. The van der Waals surface area contributed by atoms with Gasteiger partial charge < -0.3 is 19.8 Å². The van der Waals surface area contributed by atoms with Crippen LogP contribution in [0.3, 0.4) is 0 Å². The fourth-order valence-electron chi connectivity index (χ4n) is 5.80. The summed E-state index contributed by atoms with van der Waals surface area (Å²) < 4.78 is 5.36. The molecule has 1 aromatic heterocycles. The third-order valence-corrected chi connectivity index (χ3v) is 8.48. The fraction of sp³-hybridized carbons (Fsp3) is 0.667. The van der Waals surface area contributed by atoms with Gasteiger partial charge in [-0.15, -0.1) is 0 Å². The molecule has 1 unspecified atom stereocenters. The first-order chi connectivity index (χ1) is 16.0. The van der Waals surface area contributed by atoms with E-state index in [0.29, 0.717) is 22.8 Å². The van der Waals surface area contributed by atoms with Crippen LogP contribution in [0.5, 0.6) is 5.75 Å².